The summed E-state index contributed by atoms with van der Waals surface area (Å²) in [6.07, 6.45) is 1.03. The van der Waals surface area contributed by atoms with Gasteiger partial charge in [-0.2, -0.15) is 0 Å². The average molecular weight is 602 g/mol. The van der Waals surface area contributed by atoms with E-state index >= 15 is 0 Å². The first-order valence-electron chi connectivity index (χ1n) is 13.3. The van der Waals surface area contributed by atoms with Crippen molar-refractivity contribution in [2.45, 2.75) is 44.2 Å². The van der Waals surface area contributed by atoms with E-state index in [4.69, 9.17) is 21.1 Å². The molecule has 0 fully saturated rings. The number of ether oxygens (including phenoxy) is 2. The number of nitrogens with zero attached hydrogens (tertiary/aromatic N) is 2. The molecule has 0 aliphatic heterocycles. The van der Waals surface area contributed by atoms with Gasteiger partial charge >= 0.3 is 0 Å². The standard InChI is InChI=1S/C30H36ClN3O6S/c1-5-18-32-30(36)26(6-2)33(20-22-12-10-11-15-25(22)31)29(35)21-34(41(37,38)24-13-8-7-9-14-24)27-19-23(39-3)16-17-28(27)40-4/h7-17,19,26H,5-6,18,20-21H2,1-4H3,(H,32,36)/t26-/m0/s1. The number of methoxy groups -OCH3 is 2. The van der Waals surface area contributed by atoms with Crippen molar-refractivity contribution in [3.05, 3.63) is 83.4 Å². The van der Waals surface area contributed by atoms with Gasteiger partial charge in [-0.05, 0) is 48.7 Å². The maximum atomic E-state index is 14.2. The largest absolute Gasteiger partial charge is 0.497 e. The lowest BCUT2D eigenvalue weighted by atomic mass is 10.1. The molecule has 9 nitrogen and oxygen atoms in total. The number of carbonyl (C=O) groups excluding carboxylic acids is 2. The van der Waals surface area contributed by atoms with Crippen molar-refractivity contribution in [1.29, 1.82) is 0 Å². The molecule has 41 heavy (non-hydrogen) atoms. The number of carbonyl (C=O) groups is 2. The second-order valence-corrected chi connectivity index (χ2v) is 11.5. The number of hydrogen-bond donors (Lipinski definition) is 1. The molecule has 0 saturated heterocycles. The van der Waals surface area contributed by atoms with Crippen LogP contribution in [0.25, 0.3) is 0 Å². The van der Waals surface area contributed by atoms with Crippen LogP contribution in [0.1, 0.15) is 32.3 Å². The van der Waals surface area contributed by atoms with E-state index in [0.717, 1.165) is 10.7 Å². The predicted molar refractivity (Wildman–Crippen MR) is 160 cm³/mol. The van der Waals surface area contributed by atoms with Gasteiger partial charge in [-0.3, -0.25) is 13.9 Å². The lowest BCUT2D eigenvalue weighted by Crippen LogP contribution is -2.52. The van der Waals surface area contributed by atoms with E-state index in [1.54, 1.807) is 61.5 Å². The number of nitrogens with one attached hydrogen (secondary N) is 1. The fraction of sp³-hybridized carbons (Fsp3) is 0.333. The second kappa shape index (κ2) is 14.7. The molecule has 0 aliphatic carbocycles. The SMILES string of the molecule is CCCNC(=O)[C@H](CC)N(Cc1ccccc1Cl)C(=O)CN(c1cc(OC)ccc1OC)S(=O)(=O)c1ccccc1. The Morgan fingerprint density at radius 2 is 1.63 bits per heavy atom. The zero-order valence-corrected chi connectivity index (χ0v) is 25.2. The number of benzene rings is 3. The molecule has 0 unspecified atom stereocenters. The van der Waals surface area contributed by atoms with Crippen LogP contribution in [0.2, 0.25) is 5.02 Å². The van der Waals surface area contributed by atoms with Crippen molar-refractivity contribution < 1.29 is 27.5 Å². The van der Waals surface area contributed by atoms with Crippen LogP contribution < -0.4 is 19.1 Å². The fourth-order valence-electron chi connectivity index (χ4n) is 4.32. The molecular weight excluding hydrogens is 566 g/mol. The van der Waals surface area contributed by atoms with Gasteiger partial charge in [0.25, 0.3) is 10.0 Å². The number of rotatable bonds is 14. The van der Waals surface area contributed by atoms with Crippen LogP contribution in [0.3, 0.4) is 0 Å². The zero-order chi connectivity index (χ0) is 30.0. The molecule has 3 aromatic carbocycles. The third-order valence-electron chi connectivity index (χ3n) is 6.50. The molecule has 0 aliphatic rings. The van der Waals surface area contributed by atoms with Gasteiger partial charge in [0.15, 0.2) is 0 Å². The van der Waals surface area contributed by atoms with Gasteiger partial charge < -0.3 is 19.7 Å². The first-order valence-corrected chi connectivity index (χ1v) is 15.1. The molecular formula is C30H36ClN3O6S. The van der Waals surface area contributed by atoms with Gasteiger partial charge in [0.05, 0.1) is 24.8 Å². The van der Waals surface area contributed by atoms with E-state index in [1.807, 2.05) is 6.92 Å². The summed E-state index contributed by atoms with van der Waals surface area (Å²) in [5.41, 5.74) is 0.742. The van der Waals surface area contributed by atoms with Gasteiger partial charge in [0, 0.05) is 24.2 Å². The van der Waals surface area contributed by atoms with E-state index in [-0.39, 0.29) is 28.8 Å². The Bertz CT molecular complexity index is 1440. The second-order valence-electron chi connectivity index (χ2n) is 9.19. The van der Waals surface area contributed by atoms with Crippen LogP contribution >= 0.6 is 11.6 Å². The van der Waals surface area contributed by atoms with Crippen molar-refractivity contribution in [2.24, 2.45) is 0 Å². The maximum absolute atomic E-state index is 14.2. The van der Waals surface area contributed by atoms with E-state index < -0.39 is 28.5 Å². The highest BCUT2D eigenvalue weighted by atomic mass is 35.5. The molecule has 2 amide bonds. The summed E-state index contributed by atoms with van der Waals surface area (Å²) in [6.45, 7) is 3.57. The highest BCUT2D eigenvalue weighted by molar-refractivity contribution is 7.92. The summed E-state index contributed by atoms with van der Waals surface area (Å²) in [5.74, 6) is -0.317. The highest BCUT2D eigenvalue weighted by Crippen LogP contribution is 2.36. The van der Waals surface area contributed by atoms with Gasteiger partial charge in [0.1, 0.15) is 24.1 Å². The molecule has 3 aromatic rings. The monoisotopic (exact) mass is 601 g/mol. The minimum atomic E-state index is -4.26. The smallest absolute Gasteiger partial charge is 0.264 e. The molecule has 1 N–H and O–H groups in total. The molecule has 11 heteroatoms. The Labute approximate surface area is 247 Å². The summed E-state index contributed by atoms with van der Waals surface area (Å²) >= 11 is 6.44. The Balaban J connectivity index is 2.14. The van der Waals surface area contributed by atoms with Crippen molar-refractivity contribution >= 4 is 39.1 Å². The molecule has 0 spiro atoms. The van der Waals surface area contributed by atoms with E-state index in [1.165, 1.54) is 37.3 Å². The Morgan fingerprint density at radius 1 is 0.951 bits per heavy atom. The van der Waals surface area contributed by atoms with E-state index in [9.17, 15) is 18.0 Å². The summed E-state index contributed by atoms with van der Waals surface area (Å²) in [4.78, 5) is 28.8. The Morgan fingerprint density at radius 3 is 2.24 bits per heavy atom. The number of sulfonamides is 1. The lowest BCUT2D eigenvalue weighted by molar-refractivity contribution is -0.140. The number of hydrogen-bond acceptors (Lipinski definition) is 6. The quantitative estimate of drug-likeness (QED) is 0.282. The molecule has 0 heterocycles. The fourth-order valence-corrected chi connectivity index (χ4v) is 5.95. The summed E-state index contributed by atoms with van der Waals surface area (Å²) in [7, 11) is -1.40. The minimum Gasteiger partial charge on any atom is -0.497 e. The predicted octanol–water partition coefficient (Wildman–Crippen LogP) is 4.89. The summed E-state index contributed by atoms with van der Waals surface area (Å²) in [5, 5.41) is 3.29. The van der Waals surface area contributed by atoms with Gasteiger partial charge in [-0.25, -0.2) is 8.42 Å². The first-order chi connectivity index (χ1) is 19.7. The third kappa shape index (κ3) is 7.71. The normalized spacial score (nSPS) is 11.8. The first kappa shape index (κ1) is 31.8. The molecule has 1 atom stereocenters. The number of anilines is 1. The van der Waals surface area contributed by atoms with Crippen molar-refractivity contribution in [3.63, 3.8) is 0 Å². The third-order valence-corrected chi connectivity index (χ3v) is 8.64. The number of halogens is 1. The van der Waals surface area contributed by atoms with Crippen molar-refractivity contribution in [1.82, 2.24) is 10.2 Å². The van der Waals surface area contributed by atoms with E-state index in [2.05, 4.69) is 5.32 Å². The maximum Gasteiger partial charge on any atom is 0.264 e. The van der Waals surface area contributed by atoms with Crippen LogP contribution in [0, 0.1) is 0 Å². The van der Waals surface area contributed by atoms with Gasteiger partial charge in [-0.15, -0.1) is 0 Å². The topological polar surface area (TPSA) is 105 Å². The lowest BCUT2D eigenvalue weighted by Gasteiger charge is -2.33. The van der Waals surface area contributed by atoms with Crippen LogP contribution in [0.15, 0.2) is 77.7 Å². The molecule has 3 rings (SSSR count). The van der Waals surface area contributed by atoms with Crippen molar-refractivity contribution in [3.8, 4) is 11.5 Å². The van der Waals surface area contributed by atoms with Crippen LogP contribution in [-0.2, 0) is 26.2 Å². The molecule has 0 aromatic heterocycles. The minimum absolute atomic E-state index is 0.00499. The average Bonchev–Trinajstić information content (AvgIpc) is 2.99. The molecule has 220 valence electrons. The highest BCUT2D eigenvalue weighted by Gasteiger charge is 2.35. The van der Waals surface area contributed by atoms with Gasteiger partial charge in [-0.1, -0.05) is 61.8 Å². The van der Waals surface area contributed by atoms with Crippen molar-refractivity contribution in [2.75, 3.05) is 31.6 Å². The molecule has 0 saturated carbocycles. The van der Waals surface area contributed by atoms with Crippen LogP contribution in [0.5, 0.6) is 11.5 Å². The Hall–Kier alpha value is -3.76. The van der Waals surface area contributed by atoms with E-state index in [0.29, 0.717) is 29.3 Å². The summed E-state index contributed by atoms with van der Waals surface area (Å²) in [6, 6.07) is 18.7. The Kier molecular flexibility index (Phi) is 11.4. The zero-order valence-electron chi connectivity index (χ0n) is 23.7. The van der Waals surface area contributed by atoms with Crippen LogP contribution in [-0.4, -0.2) is 58.5 Å². The van der Waals surface area contributed by atoms with Crippen LogP contribution in [0.4, 0.5) is 5.69 Å². The molecule has 0 radical (unpaired) electrons. The molecule has 0 bridgehead atoms. The summed E-state index contributed by atoms with van der Waals surface area (Å²) < 4.78 is 39.9. The number of amides is 2. The van der Waals surface area contributed by atoms with Gasteiger partial charge in [0.2, 0.25) is 11.8 Å².